The van der Waals surface area contributed by atoms with Gasteiger partial charge in [-0.2, -0.15) is 0 Å². The van der Waals surface area contributed by atoms with Gasteiger partial charge in [-0.05, 0) is 49.1 Å². The van der Waals surface area contributed by atoms with E-state index in [-0.39, 0.29) is 24.5 Å². The van der Waals surface area contributed by atoms with Gasteiger partial charge in [0, 0.05) is 26.2 Å². The number of piperidine rings is 1. The van der Waals surface area contributed by atoms with E-state index in [2.05, 4.69) is 17.0 Å². The van der Waals surface area contributed by atoms with Crippen molar-refractivity contribution in [2.24, 2.45) is 5.73 Å². The second kappa shape index (κ2) is 9.30. The summed E-state index contributed by atoms with van der Waals surface area (Å²) in [6, 6.07) is 17.4. The summed E-state index contributed by atoms with van der Waals surface area (Å²) in [6.45, 7) is 2.72. The van der Waals surface area contributed by atoms with Gasteiger partial charge >= 0.3 is 6.03 Å². The van der Waals surface area contributed by atoms with Gasteiger partial charge in [-0.3, -0.25) is 9.69 Å². The number of rotatable bonds is 7. The van der Waals surface area contributed by atoms with Crippen molar-refractivity contribution < 1.29 is 14.3 Å². The Balaban J connectivity index is 1.35. The molecule has 7 heteroatoms. The zero-order valence-corrected chi connectivity index (χ0v) is 18.9. The first-order chi connectivity index (χ1) is 15.4. The van der Waals surface area contributed by atoms with Gasteiger partial charge in [0.25, 0.3) is 5.91 Å². The molecule has 7 nitrogen and oxygen atoms in total. The molecule has 1 spiro atoms. The fraction of sp³-hybridized carbons (Fsp3) is 0.440. The van der Waals surface area contributed by atoms with E-state index in [9.17, 15) is 9.59 Å². The highest BCUT2D eigenvalue weighted by Crippen LogP contribution is 2.37. The predicted octanol–water partition coefficient (Wildman–Crippen LogP) is 3.01. The molecule has 2 fully saturated rings. The Morgan fingerprint density at radius 2 is 1.69 bits per heavy atom. The predicted molar refractivity (Wildman–Crippen MR) is 123 cm³/mol. The smallest absolute Gasteiger partial charge is 0.327 e. The molecule has 2 aromatic rings. The Morgan fingerprint density at radius 1 is 1.03 bits per heavy atom. The monoisotopic (exact) mass is 436 g/mol. The maximum atomic E-state index is 13.4. The molecule has 2 aliphatic rings. The van der Waals surface area contributed by atoms with Crippen LogP contribution in [0.2, 0.25) is 0 Å². The number of benzene rings is 2. The molecule has 2 saturated heterocycles. The first-order valence-corrected chi connectivity index (χ1v) is 11.2. The number of ether oxygens (including phenoxy) is 1. The third-order valence-corrected chi connectivity index (χ3v) is 6.97. The third kappa shape index (κ3) is 4.23. The number of likely N-dealkylation sites (tertiary alicyclic amines) is 1. The van der Waals surface area contributed by atoms with Gasteiger partial charge in [0.15, 0.2) is 0 Å². The van der Waals surface area contributed by atoms with Crippen molar-refractivity contribution in [2.45, 2.75) is 37.4 Å². The minimum absolute atomic E-state index is 0.00411. The van der Waals surface area contributed by atoms with Crippen LogP contribution in [0.5, 0.6) is 5.75 Å². The summed E-state index contributed by atoms with van der Waals surface area (Å²) < 4.78 is 5.19. The topological polar surface area (TPSA) is 79.1 Å². The molecular formula is C25H32N4O3. The molecule has 32 heavy (non-hydrogen) atoms. The Hall–Kier alpha value is -2.90. The number of nitrogens with zero attached hydrogens (tertiary/aromatic N) is 3. The quantitative estimate of drug-likeness (QED) is 0.675. The van der Waals surface area contributed by atoms with E-state index in [1.807, 2.05) is 42.5 Å². The zero-order chi connectivity index (χ0) is 22.7. The molecule has 0 bridgehead atoms. The highest BCUT2D eigenvalue weighted by molar-refractivity contribution is 6.06. The fourth-order valence-electron chi connectivity index (χ4n) is 4.78. The van der Waals surface area contributed by atoms with Gasteiger partial charge in [-0.25, -0.2) is 4.79 Å². The van der Waals surface area contributed by atoms with E-state index < -0.39 is 5.54 Å². The summed E-state index contributed by atoms with van der Waals surface area (Å²) in [5.41, 5.74) is 7.67. The van der Waals surface area contributed by atoms with Crippen molar-refractivity contribution in [3.05, 3.63) is 65.7 Å². The van der Waals surface area contributed by atoms with Gasteiger partial charge in [-0.1, -0.05) is 42.5 Å². The second-order valence-corrected chi connectivity index (χ2v) is 8.76. The molecule has 3 amide bonds. The van der Waals surface area contributed by atoms with Crippen LogP contribution in [0.4, 0.5) is 4.79 Å². The van der Waals surface area contributed by atoms with Gasteiger partial charge in [0.05, 0.1) is 13.7 Å². The van der Waals surface area contributed by atoms with Crippen molar-refractivity contribution in [2.75, 3.05) is 33.8 Å². The molecule has 4 rings (SSSR count). The maximum Gasteiger partial charge on any atom is 0.327 e. The normalized spacial score (nSPS) is 19.6. The lowest BCUT2D eigenvalue weighted by Crippen LogP contribution is -2.55. The average Bonchev–Trinajstić information content (AvgIpc) is 3.00. The molecule has 0 aliphatic carbocycles. The van der Waals surface area contributed by atoms with E-state index in [1.165, 1.54) is 4.90 Å². The average molecular weight is 437 g/mol. The molecule has 0 radical (unpaired) electrons. The largest absolute Gasteiger partial charge is 0.497 e. The van der Waals surface area contributed by atoms with E-state index >= 15 is 0 Å². The van der Waals surface area contributed by atoms with Crippen molar-refractivity contribution in [1.82, 2.24) is 14.7 Å². The minimum atomic E-state index is -0.735. The standard InChI is InChI=1S/C25H32N4O3/c1-27-24(31)29(18-19-8-10-21(32-2)11-9-19)23(30)25(27)13-16-28(17-14-25)15-12-22(26)20-6-4-3-5-7-20/h3-11,22H,12-18,26H2,1-2H3/t22-/m0/s1. The van der Waals surface area contributed by atoms with E-state index in [0.29, 0.717) is 12.8 Å². The second-order valence-electron chi connectivity index (χ2n) is 8.76. The fourth-order valence-corrected chi connectivity index (χ4v) is 4.78. The Bertz CT molecular complexity index is 939. The first kappa shape index (κ1) is 22.3. The SMILES string of the molecule is COc1ccc(CN2C(=O)N(C)C3(CCN(CC[C@H](N)c4ccccc4)CC3)C2=O)cc1. The van der Waals surface area contributed by atoms with Crippen LogP contribution < -0.4 is 10.5 Å². The van der Waals surface area contributed by atoms with Crippen LogP contribution in [-0.4, -0.2) is 66.0 Å². The van der Waals surface area contributed by atoms with Crippen LogP contribution in [-0.2, 0) is 11.3 Å². The van der Waals surface area contributed by atoms with Crippen LogP contribution in [0.15, 0.2) is 54.6 Å². The molecule has 2 aliphatic heterocycles. The van der Waals surface area contributed by atoms with Crippen LogP contribution >= 0.6 is 0 Å². The van der Waals surface area contributed by atoms with Gasteiger partial charge < -0.3 is 20.3 Å². The molecule has 0 unspecified atom stereocenters. The lowest BCUT2D eigenvalue weighted by molar-refractivity contribution is -0.135. The van der Waals surface area contributed by atoms with Crippen molar-refractivity contribution >= 4 is 11.9 Å². The van der Waals surface area contributed by atoms with Crippen LogP contribution in [0.1, 0.15) is 36.4 Å². The molecule has 1 atom stereocenters. The number of urea groups is 1. The summed E-state index contributed by atoms with van der Waals surface area (Å²) >= 11 is 0. The number of carbonyl (C=O) groups is 2. The number of carbonyl (C=O) groups excluding carboxylic acids is 2. The van der Waals surface area contributed by atoms with E-state index in [1.54, 1.807) is 19.1 Å². The first-order valence-electron chi connectivity index (χ1n) is 11.2. The van der Waals surface area contributed by atoms with Gasteiger partial charge in [0.2, 0.25) is 0 Å². The number of hydrogen-bond acceptors (Lipinski definition) is 5. The molecule has 2 heterocycles. The molecule has 0 saturated carbocycles. The van der Waals surface area contributed by atoms with Gasteiger partial charge in [0.1, 0.15) is 11.3 Å². The number of likely N-dealkylation sites (N-methyl/N-ethyl adjacent to an activating group) is 1. The lowest BCUT2D eigenvalue weighted by Gasteiger charge is -2.41. The zero-order valence-electron chi connectivity index (χ0n) is 18.9. The van der Waals surface area contributed by atoms with E-state index in [4.69, 9.17) is 10.5 Å². The Labute approximate surface area is 189 Å². The highest BCUT2D eigenvalue weighted by Gasteiger charge is 2.56. The number of amides is 3. The van der Waals surface area contributed by atoms with Crippen LogP contribution in [0.3, 0.4) is 0 Å². The number of hydrogen-bond donors (Lipinski definition) is 1. The third-order valence-electron chi connectivity index (χ3n) is 6.97. The highest BCUT2D eigenvalue weighted by atomic mass is 16.5. The minimum Gasteiger partial charge on any atom is -0.497 e. The summed E-state index contributed by atoms with van der Waals surface area (Å²) in [4.78, 5) is 31.7. The maximum absolute atomic E-state index is 13.4. The Kier molecular flexibility index (Phi) is 6.48. The molecule has 170 valence electrons. The van der Waals surface area contributed by atoms with Gasteiger partial charge in [-0.15, -0.1) is 0 Å². The summed E-state index contributed by atoms with van der Waals surface area (Å²) in [7, 11) is 3.37. The summed E-state index contributed by atoms with van der Waals surface area (Å²) in [6.07, 6.45) is 2.16. The molecule has 0 aromatic heterocycles. The van der Waals surface area contributed by atoms with Crippen molar-refractivity contribution in [3.8, 4) is 5.75 Å². The Morgan fingerprint density at radius 3 is 2.31 bits per heavy atom. The number of nitrogens with two attached hydrogens (primary N) is 1. The summed E-state index contributed by atoms with van der Waals surface area (Å²) in [5, 5.41) is 0. The van der Waals surface area contributed by atoms with Crippen LogP contribution in [0, 0.1) is 0 Å². The number of methoxy groups -OCH3 is 1. The molecule has 2 N–H and O–H groups in total. The van der Waals surface area contributed by atoms with Crippen molar-refractivity contribution in [3.63, 3.8) is 0 Å². The van der Waals surface area contributed by atoms with Crippen LogP contribution in [0.25, 0.3) is 0 Å². The van der Waals surface area contributed by atoms with E-state index in [0.717, 1.165) is 42.9 Å². The molecule has 2 aromatic carbocycles. The lowest BCUT2D eigenvalue weighted by atomic mass is 9.86. The molecular weight excluding hydrogens is 404 g/mol. The number of imide groups is 1. The summed E-state index contributed by atoms with van der Waals surface area (Å²) in [5.74, 6) is 0.669. The van der Waals surface area contributed by atoms with Crippen molar-refractivity contribution in [1.29, 1.82) is 0 Å².